The summed E-state index contributed by atoms with van der Waals surface area (Å²) in [6, 6.07) is -0.623. The van der Waals surface area contributed by atoms with E-state index in [0.29, 0.717) is 5.82 Å². The summed E-state index contributed by atoms with van der Waals surface area (Å²) >= 11 is 1.72. The largest absolute Gasteiger partial charge is 0.480 e. The molecule has 0 amide bonds. The number of aryl methyl sites for hydroxylation is 2. The number of hydrogen-bond acceptors (Lipinski definition) is 5. The Morgan fingerprint density at radius 3 is 2.91 bits per heavy atom. The number of nitrogens with zero attached hydrogens (tertiary/aromatic N) is 2. The molecular weight excluding hydrogens is 298 g/mol. The standard InChI is InChI=1S/C16H21N3O2S/c1-3-9(2)13(16(20)21)19-14-12-10-6-4-5-7-11(10)22-15(12)18-8-17-14/h8-9,13H,3-7H2,1-2H3,(H,20,21)(H,17,18,19)/t9-,13-/m0/s1. The van der Waals surface area contributed by atoms with Gasteiger partial charge in [-0.15, -0.1) is 11.3 Å². The van der Waals surface area contributed by atoms with E-state index in [9.17, 15) is 9.90 Å². The molecule has 0 saturated carbocycles. The van der Waals surface area contributed by atoms with Crippen molar-refractivity contribution < 1.29 is 9.90 Å². The number of carbonyl (C=O) groups is 1. The Kier molecular flexibility index (Phi) is 4.29. The first-order valence-electron chi connectivity index (χ1n) is 7.86. The zero-order valence-corrected chi connectivity index (χ0v) is 13.7. The number of thiophene rings is 1. The normalized spacial score (nSPS) is 17.0. The monoisotopic (exact) mass is 319 g/mol. The number of carboxylic acids is 1. The van der Waals surface area contributed by atoms with Crippen molar-refractivity contribution in [3.8, 4) is 0 Å². The summed E-state index contributed by atoms with van der Waals surface area (Å²) in [5, 5.41) is 13.7. The van der Waals surface area contributed by atoms with E-state index < -0.39 is 12.0 Å². The number of aliphatic carboxylic acids is 1. The van der Waals surface area contributed by atoms with Crippen LogP contribution in [0.2, 0.25) is 0 Å². The van der Waals surface area contributed by atoms with Crippen molar-refractivity contribution in [2.24, 2.45) is 5.92 Å². The quantitative estimate of drug-likeness (QED) is 0.882. The van der Waals surface area contributed by atoms with E-state index in [0.717, 1.165) is 29.5 Å². The Morgan fingerprint density at radius 2 is 2.18 bits per heavy atom. The minimum Gasteiger partial charge on any atom is -0.480 e. The number of aromatic nitrogens is 2. The average Bonchev–Trinajstić information content (AvgIpc) is 2.90. The van der Waals surface area contributed by atoms with Crippen LogP contribution in [0.25, 0.3) is 10.2 Å². The zero-order chi connectivity index (χ0) is 15.7. The molecule has 2 atom stereocenters. The molecule has 2 N–H and O–H groups in total. The fraction of sp³-hybridized carbons (Fsp3) is 0.562. The molecule has 5 nitrogen and oxygen atoms in total. The van der Waals surface area contributed by atoms with Gasteiger partial charge in [-0.25, -0.2) is 14.8 Å². The molecule has 118 valence electrons. The Hall–Kier alpha value is -1.69. The van der Waals surface area contributed by atoms with E-state index in [1.807, 2.05) is 13.8 Å². The van der Waals surface area contributed by atoms with E-state index in [-0.39, 0.29) is 5.92 Å². The molecule has 1 aliphatic rings. The summed E-state index contributed by atoms with van der Waals surface area (Å²) in [5.41, 5.74) is 1.32. The lowest BCUT2D eigenvalue weighted by Gasteiger charge is -2.21. The van der Waals surface area contributed by atoms with Crippen LogP contribution < -0.4 is 5.32 Å². The molecule has 0 radical (unpaired) electrons. The molecule has 0 saturated heterocycles. The number of nitrogens with one attached hydrogen (secondary N) is 1. The smallest absolute Gasteiger partial charge is 0.326 e. The predicted octanol–water partition coefficient (Wildman–Crippen LogP) is 3.48. The first kappa shape index (κ1) is 15.2. The molecule has 2 heterocycles. The lowest BCUT2D eigenvalue weighted by atomic mass is 9.96. The van der Waals surface area contributed by atoms with Crippen LogP contribution >= 0.6 is 11.3 Å². The first-order chi connectivity index (χ1) is 10.6. The lowest BCUT2D eigenvalue weighted by Crippen LogP contribution is -2.35. The molecule has 1 aliphatic carbocycles. The van der Waals surface area contributed by atoms with E-state index in [1.165, 1.54) is 29.6 Å². The van der Waals surface area contributed by atoms with Crippen molar-refractivity contribution in [3.05, 3.63) is 16.8 Å². The third kappa shape index (κ3) is 2.67. The molecule has 0 fully saturated rings. The second-order valence-electron chi connectivity index (χ2n) is 5.96. The minimum atomic E-state index is -0.829. The maximum absolute atomic E-state index is 11.6. The van der Waals surface area contributed by atoms with Crippen molar-refractivity contribution >= 4 is 33.3 Å². The fourth-order valence-electron chi connectivity index (χ4n) is 3.03. The van der Waals surface area contributed by atoms with E-state index >= 15 is 0 Å². The Morgan fingerprint density at radius 1 is 1.41 bits per heavy atom. The number of fused-ring (bicyclic) bond motifs is 3. The summed E-state index contributed by atoms with van der Waals surface area (Å²) in [6.45, 7) is 3.96. The molecule has 2 aromatic heterocycles. The van der Waals surface area contributed by atoms with Crippen molar-refractivity contribution in [2.45, 2.75) is 52.0 Å². The second kappa shape index (κ2) is 6.20. The van der Waals surface area contributed by atoms with Gasteiger partial charge in [0.25, 0.3) is 0 Å². The van der Waals surface area contributed by atoms with Crippen LogP contribution in [0.3, 0.4) is 0 Å². The third-order valence-corrected chi connectivity index (χ3v) is 5.72. The van der Waals surface area contributed by atoms with Gasteiger partial charge in [0, 0.05) is 4.88 Å². The highest BCUT2D eigenvalue weighted by Gasteiger charge is 2.26. The van der Waals surface area contributed by atoms with Crippen LogP contribution in [0.1, 0.15) is 43.6 Å². The molecule has 6 heteroatoms. The molecule has 0 aliphatic heterocycles. The van der Waals surface area contributed by atoms with E-state index in [2.05, 4.69) is 15.3 Å². The van der Waals surface area contributed by atoms with Crippen molar-refractivity contribution in [1.29, 1.82) is 0 Å². The topological polar surface area (TPSA) is 75.1 Å². The molecule has 0 unspecified atom stereocenters. The van der Waals surface area contributed by atoms with Crippen molar-refractivity contribution in [1.82, 2.24) is 9.97 Å². The maximum Gasteiger partial charge on any atom is 0.326 e. The lowest BCUT2D eigenvalue weighted by molar-refractivity contribution is -0.139. The molecule has 0 aromatic carbocycles. The van der Waals surface area contributed by atoms with Gasteiger partial charge in [-0.2, -0.15) is 0 Å². The van der Waals surface area contributed by atoms with Gasteiger partial charge in [-0.3, -0.25) is 0 Å². The molecule has 22 heavy (non-hydrogen) atoms. The molecular formula is C16H21N3O2S. The van der Waals surface area contributed by atoms with Gasteiger partial charge in [-0.05, 0) is 37.2 Å². The fourth-order valence-corrected chi connectivity index (χ4v) is 4.26. The van der Waals surface area contributed by atoms with Gasteiger partial charge < -0.3 is 10.4 Å². The molecule has 0 spiro atoms. The number of rotatable bonds is 5. The van der Waals surface area contributed by atoms with Gasteiger partial charge in [-0.1, -0.05) is 20.3 Å². The number of hydrogen-bond donors (Lipinski definition) is 2. The van der Waals surface area contributed by atoms with Crippen LogP contribution in [0, 0.1) is 5.92 Å². The summed E-state index contributed by atoms with van der Waals surface area (Å²) in [5.74, 6) is -0.112. The van der Waals surface area contributed by atoms with Crippen LogP contribution in [0.15, 0.2) is 6.33 Å². The molecule has 2 aromatic rings. The summed E-state index contributed by atoms with van der Waals surface area (Å²) in [7, 11) is 0. The number of carboxylic acid groups (broad SMARTS) is 1. The van der Waals surface area contributed by atoms with Gasteiger partial charge in [0.1, 0.15) is 23.0 Å². The SMILES string of the molecule is CC[C@H](C)[C@H](Nc1ncnc2sc3c(c12)CCCC3)C(=O)O. The molecule has 3 rings (SSSR count). The highest BCUT2D eigenvalue weighted by atomic mass is 32.1. The van der Waals surface area contributed by atoms with Crippen molar-refractivity contribution in [2.75, 3.05) is 5.32 Å². The summed E-state index contributed by atoms with van der Waals surface area (Å²) in [6.07, 6.45) is 6.88. The van der Waals surface area contributed by atoms with E-state index in [1.54, 1.807) is 11.3 Å². The zero-order valence-electron chi connectivity index (χ0n) is 12.9. The van der Waals surface area contributed by atoms with Gasteiger partial charge in [0.05, 0.1) is 5.39 Å². The highest BCUT2D eigenvalue weighted by molar-refractivity contribution is 7.19. The summed E-state index contributed by atoms with van der Waals surface area (Å²) in [4.78, 5) is 22.7. The van der Waals surface area contributed by atoms with Crippen LogP contribution in [-0.2, 0) is 17.6 Å². The van der Waals surface area contributed by atoms with Crippen LogP contribution in [0.5, 0.6) is 0 Å². The Bertz CT molecular complexity index is 698. The molecule has 0 bridgehead atoms. The van der Waals surface area contributed by atoms with Crippen LogP contribution in [0.4, 0.5) is 5.82 Å². The van der Waals surface area contributed by atoms with Gasteiger partial charge in [0.15, 0.2) is 0 Å². The Labute approximate surface area is 133 Å². The third-order valence-electron chi connectivity index (χ3n) is 4.52. The van der Waals surface area contributed by atoms with E-state index in [4.69, 9.17) is 0 Å². The predicted molar refractivity (Wildman–Crippen MR) is 88.6 cm³/mol. The van der Waals surface area contributed by atoms with Crippen molar-refractivity contribution in [3.63, 3.8) is 0 Å². The maximum atomic E-state index is 11.6. The number of anilines is 1. The van der Waals surface area contributed by atoms with Gasteiger partial charge >= 0.3 is 5.97 Å². The summed E-state index contributed by atoms with van der Waals surface area (Å²) < 4.78 is 0. The second-order valence-corrected chi connectivity index (χ2v) is 7.04. The minimum absolute atomic E-state index is 0.0389. The van der Waals surface area contributed by atoms with Crippen LogP contribution in [-0.4, -0.2) is 27.1 Å². The van der Waals surface area contributed by atoms with Gasteiger partial charge in [0.2, 0.25) is 0 Å². The first-order valence-corrected chi connectivity index (χ1v) is 8.68. The highest BCUT2D eigenvalue weighted by Crippen LogP contribution is 2.38. The average molecular weight is 319 g/mol. The Balaban J connectivity index is 2.03.